The SMILES string of the molecule is CNCc1cccc(C2(C)CCSC(N)=N2)c1. The van der Waals surface area contributed by atoms with E-state index in [1.165, 1.54) is 11.1 Å². The molecule has 3 N–H and O–H groups in total. The predicted molar refractivity (Wildman–Crippen MR) is 75.3 cm³/mol. The molecule has 1 aliphatic heterocycles. The fourth-order valence-corrected chi connectivity index (χ4v) is 3.09. The second kappa shape index (κ2) is 5.10. The Kier molecular flexibility index (Phi) is 3.74. The molecular formula is C13H19N3S. The van der Waals surface area contributed by atoms with E-state index in [1.54, 1.807) is 11.8 Å². The topological polar surface area (TPSA) is 50.4 Å². The molecule has 0 amide bonds. The van der Waals surface area contributed by atoms with Gasteiger partial charge in [0.2, 0.25) is 0 Å². The number of rotatable bonds is 3. The Hall–Kier alpha value is -1.00. The van der Waals surface area contributed by atoms with Gasteiger partial charge in [-0.1, -0.05) is 36.0 Å². The lowest BCUT2D eigenvalue weighted by Gasteiger charge is -2.30. The van der Waals surface area contributed by atoms with Gasteiger partial charge >= 0.3 is 0 Å². The fourth-order valence-electron chi connectivity index (χ4n) is 2.12. The van der Waals surface area contributed by atoms with E-state index in [9.17, 15) is 0 Å². The van der Waals surface area contributed by atoms with Gasteiger partial charge in [-0.3, -0.25) is 4.99 Å². The first-order chi connectivity index (χ1) is 8.14. The van der Waals surface area contributed by atoms with Crippen LogP contribution in [0.25, 0.3) is 0 Å². The average molecular weight is 249 g/mol. The Morgan fingerprint density at radius 2 is 2.35 bits per heavy atom. The highest BCUT2D eigenvalue weighted by atomic mass is 32.2. The van der Waals surface area contributed by atoms with Crippen molar-refractivity contribution in [1.29, 1.82) is 0 Å². The van der Waals surface area contributed by atoms with Crippen molar-refractivity contribution < 1.29 is 0 Å². The molecular weight excluding hydrogens is 230 g/mol. The summed E-state index contributed by atoms with van der Waals surface area (Å²) in [5.41, 5.74) is 8.24. The molecule has 1 aromatic carbocycles. The first-order valence-electron chi connectivity index (χ1n) is 5.86. The number of thioether (sulfide) groups is 1. The van der Waals surface area contributed by atoms with Crippen molar-refractivity contribution in [3.63, 3.8) is 0 Å². The monoisotopic (exact) mass is 249 g/mol. The maximum Gasteiger partial charge on any atom is 0.154 e. The molecule has 2 rings (SSSR count). The van der Waals surface area contributed by atoms with E-state index in [0.29, 0.717) is 5.17 Å². The van der Waals surface area contributed by atoms with Gasteiger partial charge in [0.15, 0.2) is 5.17 Å². The van der Waals surface area contributed by atoms with Crippen LogP contribution in [0.15, 0.2) is 29.3 Å². The molecule has 3 nitrogen and oxygen atoms in total. The Labute approximate surface area is 107 Å². The highest BCUT2D eigenvalue weighted by Gasteiger charge is 2.29. The summed E-state index contributed by atoms with van der Waals surface area (Å²) in [5, 5.41) is 3.88. The van der Waals surface area contributed by atoms with Crippen LogP contribution in [0, 0.1) is 0 Å². The molecule has 0 saturated carbocycles. The summed E-state index contributed by atoms with van der Waals surface area (Å²) in [7, 11) is 1.96. The summed E-state index contributed by atoms with van der Waals surface area (Å²) in [6, 6.07) is 8.60. The smallest absolute Gasteiger partial charge is 0.154 e. The first kappa shape index (κ1) is 12.5. The van der Waals surface area contributed by atoms with Gasteiger partial charge in [0.05, 0.1) is 5.54 Å². The second-order valence-corrected chi connectivity index (χ2v) is 5.67. The zero-order valence-electron chi connectivity index (χ0n) is 10.4. The Morgan fingerprint density at radius 1 is 1.53 bits per heavy atom. The quantitative estimate of drug-likeness (QED) is 0.862. The van der Waals surface area contributed by atoms with Crippen LogP contribution in [-0.2, 0) is 12.1 Å². The molecule has 4 heteroatoms. The van der Waals surface area contributed by atoms with Crippen molar-refractivity contribution in [2.45, 2.75) is 25.4 Å². The molecule has 0 fully saturated rings. The van der Waals surface area contributed by atoms with Crippen LogP contribution in [0.5, 0.6) is 0 Å². The maximum absolute atomic E-state index is 5.85. The molecule has 0 aliphatic carbocycles. The van der Waals surface area contributed by atoms with Crippen molar-refractivity contribution in [2.24, 2.45) is 10.7 Å². The molecule has 0 saturated heterocycles. The summed E-state index contributed by atoms with van der Waals surface area (Å²) < 4.78 is 0. The zero-order valence-corrected chi connectivity index (χ0v) is 11.2. The summed E-state index contributed by atoms with van der Waals surface area (Å²) in [6.07, 6.45) is 1.04. The Morgan fingerprint density at radius 3 is 3.06 bits per heavy atom. The second-order valence-electron chi connectivity index (χ2n) is 4.55. The molecule has 1 aliphatic rings. The Bertz CT molecular complexity index is 430. The third-order valence-corrected chi connectivity index (χ3v) is 3.92. The van der Waals surface area contributed by atoms with Crippen molar-refractivity contribution in [1.82, 2.24) is 5.32 Å². The third kappa shape index (κ3) is 2.82. The number of hydrogen-bond donors (Lipinski definition) is 2. The standard InChI is InChI=1S/C13H19N3S/c1-13(6-7-17-12(14)16-13)11-5-3-4-10(8-11)9-15-2/h3-5,8,15H,6-7,9H2,1-2H3,(H2,14,16). The highest BCUT2D eigenvalue weighted by Crippen LogP contribution is 2.35. The zero-order chi connectivity index (χ0) is 12.3. The molecule has 0 aromatic heterocycles. The highest BCUT2D eigenvalue weighted by molar-refractivity contribution is 8.13. The number of nitrogens with zero attached hydrogens (tertiary/aromatic N) is 1. The molecule has 1 atom stereocenters. The lowest BCUT2D eigenvalue weighted by atomic mass is 9.89. The minimum atomic E-state index is -0.154. The van der Waals surface area contributed by atoms with E-state index >= 15 is 0 Å². The van der Waals surface area contributed by atoms with Gasteiger partial charge in [0.25, 0.3) is 0 Å². The molecule has 92 valence electrons. The molecule has 1 aromatic rings. The van der Waals surface area contributed by atoms with Crippen molar-refractivity contribution in [2.75, 3.05) is 12.8 Å². The van der Waals surface area contributed by atoms with Gasteiger partial charge in [0.1, 0.15) is 0 Å². The van der Waals surface area contributed by atoms with E-state index in [2.05, 4.69) is 41.5 Å². The van der Waals surface area contributed by atoms with Crippen LogP contribution < -0.4 is 11.1 Å². The van der Waals surface area contributed by atoms with Crippen LogP contribution in [0.1, 0.15) is 24.5 Å². The van der Waals surface area contributed by atoms with E-state index in [-0.39, 0.29) is 5.54 Å². The van der Waals surface area contributed by atoms with Gasteiger partial charge < -0.3 is 11.1 Å². The minimum Gasteiger partial charge on any atom is -0.379 e. The largest absolute Gasteiger partial charge is 0.379 e. The van der Waals surface area contributed by atoms with Crippen molar-refractivity contribution in [3.05, 3.63) is 35.4 Å². The number of hydrogen-bond acceptors (Lipinski definition) is 4. The van der Waals surface area contributed by atoms with E-state index < -0.39 is 0 Å². The van der Waals surface area contributed by atoms with E-state index in [4.69, 9.17) is 5.73 Å². The van der Waals surface area contributed by atoms with Gasteiger partial charge in [-0.25, -0.2) is 0 Å². The lowest BCUT2D eigenvalue weighted by molar-refractivity contribution is 0.481. The Balaban J connectivity index is 2.32. The van der Waals surface area contributed by atoms with Crippen molar-refractivity contribution >= 4 is 16.9 Å². The summed E-state index contributed by atoms with van der Waals surface area (Å²) >= 11 is 1.64. The normalized spacial score (nSPS) is 24.5. The van der Waals surface area contributed by atoms with Crippen LogP contribution in [-0.4, -0.2) is 18.0 Å². The van der Waals surface area contributed by atoms with Gasteiger partial charge in [0, 0.05) is 12.3 Å². The number of aliphatic imine (C=N–C) groups is 1. The maximum atomic E-state index is 5.85. The van der Waals surface area contributed by atoms with Crippen LogP contribution in [0.4, 0.5) is 0 Å². The number of nitrogens with one attached hydrogen (secondary N) is 1. The van der Waals surface area contributed by atoms with Crippen molar-refractivity contribution in [3.8, 4) is 0 Å². The minimum absolute atomic E-state index is 0.154. The average Bonchev–Trinajstić information content (AvgIpc) is 2.29. The molecule has 0 radical (unpaired) electrons. The number of nitrogens with two attached hydrogens (primary N) is 1. The van der Waals surface area contributed by atoms with E-state index in [0.717, 1.165) is 18.7 Å². The van der Waals surface area contributed by atoms with Gasteiger partial charge in [-0.2, -0.15) is 0 Å². The molecule has 0 bridgehead atoms. The third-order valence-electron chi connectivity index (χ3n) is 3.13. The summed E-state index contributed by atoms with van der Waals surface area (Å²) in [4.78, 5) is 4.62. The summed E-state index contributed by atoms with van der Waals surface area (Å²) in [6.45, 7) is 3.05. The van der Waals surface area contributed by atoms with Crippen LogP contribution in [0.2, 0.25) is 0 Å². The van der Waals surface area contributed by atoms with Gasteiger partial charge in [-0.05, 0) is 31.5 Å². The lowest BCUT2D eigenvalue weighted by Crippen LogP contribution is -2.28. The van der Waals surface area contributed by atoms with Gasteiger partial charge in [-0.15, -0.1) is 0 Å². The predicted octanol–water partition coefficient (Wildman–Crippen LogP) is 2.07. The molecule has 1 heterocycles. The molecule has 1 unspecified atom stereocenters. The fraction of sp³-hybridized carbons (Fsp3) is 0.462. The number of benzene rings is 1. The summed E-state index contributed by atoms with van der Waals surface area (Å²) in [5.74, 6) is 1.04. The number of amidine groups is 1. The van der Waals surface area contributed by atoms with Crippen LogP contribution in [0.3, 0.4) is 0 Å². The van der Waals surface area contributed by atoms with Crippen LogP contribution >= 0.6 is 11.8 Å². The molecule has 0 spiro atoms. The van der Waals surface area contributed by atoms with E-state index in [1.807, 2.05) is 7.05 Å². The molecule has 17 heavy (non-hydrogen) atoms. The first-order valence-corrected chi connectivity index (χ1v) is 6.85.